The highest BCUT2D eigenvalue weighted by atomic mass is 16.7. The molecular weight excluding hydrogens is 414 g/mol. The molecule has 0 radical (unpaired) electrons. The predicted molar refractivity (Wildman–Crippen MR) is 124 cm³/mol. The lowest BCUT2D eigenvalue weighted by molar-refractivity contribution is -0.156. The Balaban J connectivity index is 4.64. The summed E-state index contributed by atoms with van der Waals surface area (Å²) in [4.78, 5) is 41.7. The van der Waals surface area contributed by atoms with E-state index in [-0.39, 0.29) is 55.7 Å². The van der Waals surface area contributed by atoms with Crippen LogP contribution < -0.4 is 10.9 Å². The van der Waals surface area contributed by atoms with Gasteiger partial charge in [0.25, 0.3) is 0 Å². The molecule has 0 atom stereocenters. The lowest BCUT2D eigenvalue weighted by atomic mass is 9.88. The van der Waals surface area contributed by atoms with Crippen molar-refractivity contribution in [1.82, 2.24) is 15.9 Å². The van der Waals surface area contributed by atoms with Crippen molar-refractivity contribution >= 4 is 17.5 Å². The van der Waals surface area contributed by atoms with Crippen molar-refractivity contribution in [2.24, 2.45) is 17.3 Å². The zero-order valence-electron chi connectivity index (χ0n) is 21.3. The first-order valence-corrected chi connectivity index (χ1v) is 11.5. The second-order valence-electron chi connectivity index (χ2n) is 9.34. The molecule has 32 heavy (non-hydrogen) atoms. The van der Waals surface area contributed by atoms with Crippen molar-refractivity contribution in [3.63, 3.8) is 0 Å². The number of ether oxygens (including phenoxy) is 2. The van der Waals surface area contributed by atoms with Gasteiger partial charge < -0.3 is 9.47 Å². The molecular formula is C23H45N3O6. The fourth-order valence-electron chi connectivity index (χ4n) is 2.42. The van der Waals surface area contributed by atoms with Crippen molar-refractivity contribution in [2.45, 2.75) is 66.9 Å². The minimum atomic E-state index is -0.634. The molecule has 0 aliphatic heterocycles. The van der Waals surface area contributed by atoms with Crippen LogP contribution in [0.3, 0.4) is 0 Å². The molecule has 0 aliphatic rings. The molecule has 0 aromatic carbocycles. The van der Waals surface area contributed by atoms with E-state index in [2.05, 4.69) is 10.9 Å². The highest BCUT2D eigenvalue weighted by Crippen LogP contribution is 2.20. The number of ketones is 2. The van der Waals surface area contributed by atoms with Crippen molar-refractivity contribution in [2.75, 3.05) is 47.1 Å². The van der Waals surface area contributed by atoms with Crippen LogP contribution in [0.1, 0.15) is 60.8 Å². The van der Waals surface area contributed by atoms with Crippen molar-refractivity contribution in [1.29, 1.82) is 0 Å². The maximum atomic E-state index is 12.6. The van der Waals surface area contributed by atoms with Gasteiger partial charge in [-0.15, -0.1) is 0 Å². The Labute approximate surface area is 193 Å². The minimum absolute atomic E-state index is 0.0315. The van der Waals surface area contributed by atoms with E-state index in [0.717, 1.165) is 0 Å². The maximum Gasteiger partial charge on any atom is 0.249 e. The Morgan fingerprint density at radius 3 is 1.78 bits per heavy atom. The van der Waals surface area contributed by atoms with Gasteiger partial charge in [-0.1, -0.05) is 41.5 Å². The van der Waals surface area contributed by atoms with Crippen LogP contribution in [-0.4, -0.2) is 75.7 Å². The molecule has 0 fully saturated rings. The van der Waals surface area contributed by atoms with Gasteiger partial charge in [-0.25, -0.2) is 10.5 Å². The van der Waals surface area contributed by atoms with Gasteiger partial charge in [-0.2, -0.15) is 0 Å². The summed E-state index contributed by atoms with van der Waals surface area (Å²) in [5.41, 5.74) is 4.90. The first kappa shape index (κ1) is 30.6. The third-order valence-electron chi connectivity index (χ3n) is 5.27. The highest BCUT2D eigenvalue weighted by molar-refractivity contribution is 5.81. The fourth-order valence-corrected chi connectivity index (χ4v) is 2.42. The number of amides is 1. The number of Topliss-reactive ketones (excluding diaryl/α,β-unsaturated/α-hetero) is 2. The lowest BCUT2D eigenvalue weighted by Gasteiger charge is -2.27. The highest BCUT2D eigenvalue weighted by Gasteiger charge is 2.29. The first-order valence-electron chi connectivity index (χ1n) is 11.5. The Morgan fingerprint density at radius 1 is 0.906 bits per heavy atom. The number of hydrogen-bond acceptors (Lipinski definition) is 8. The van der Waals surface area contributed by atoms with Crippen molar-refractivity contribution < 1.29 is 28.7 Å². The van der Waals surface area contributed by atoms with Crippen LogP contribution in [0.15, 0.2) is 0 Å². The maximum absolute atomic E-state index is 12.6. The van der Waals surface area contributed by atoms with E-state index in [1.807, 2.05) is 60.6 Å². The summed E-state index contributed by atoms with van der Waals surface area (Å²) in [6.45, 7) is 12.7. The molecule has 188 valence electrons. The minimum Gasteiger partial charge on any atom is -0.378 e. The van der Waals surface area contributed by atoms with E-state index in [1.54, 1.807) is 0 Å². The molecule has 0 aliphatic carbocycles. The Hall–Kier alpha value is -1.39. The Morgan fingerprint density at radius 2 is 1.38 bits per heavy atom. The number of nitrogens with one attached hydrogen (secondary N) is 2. The van der Waals surface area contributed by atoms with Crippen LogP contribution in [0.4, 0.5) is 0 Å². The summed E-state index contributed by atoms with van der Waals surface area (Å²) >= 11 is 0. The van der Waals surface area contributed by atoms with E-state index >= 15 is 0 Å². The van der Waals surface area contributed by atoms with Crippen LogP contribution in [0.2, 0.25) is 0 Å². The van der Waals surface area contributed by atoms with Crippen LogP contribution in [0.25, 0.3) is 0 Å². The normalized spacial score (nSPS) is 12.2. The third-order valence-corrected chi connectivity index (χ3v) is 5.27. The molecule has 9 heteroatoms. The molecule has 0 unspecified atom stereocenters. The van der Waals surface area contributed by atoms with Gasteiger partial charge in [0.1, 0.15) is 17.7 Å². The van der Waals surface area contributed by atoms with E-state index in [0.29, 0.717) is 25.8 Å². The zero-order valence-corrected chi connectivity index (χ0v) is 21.3. The molecule has 0 aromatic rings. The van der Waals surface area contributed by atoms with Gasteiger partial charge in [-0.3, -0.25) is 24.6 Å². The SMILES string of the molecule is CNN(C)CCC(C)(C)C(=O)NOC(COCCC(=O)C(C)C)COCCC(=O)C(C)C. The number of hydroxylamine groups is 1. The summed E-state index contributed by atoms with van der Waals surface area (Å²) in [6, 6.07) is 0. The largest absolute Gasteiger partial charge is 0.378 e. The summed E-state index contributed by atoms with van der Waals surface area (Å²) in [5.74, 6) is -0.0381. The van der Waals surface area contributed by atoms with Gasteiger partial charge in [0, 0.05) is 43.7 Å². The topological polar surface area (TPSA) is 106 Å². The van der Waals surface area contributed by atoms with E-state index in [9.17, 15) is 14.4 Å². The molecule has 0 aromatic heterocycles. The summed E-state index contributed by atoms with van der Waals surface area (Å²) in [5, 5.41) is 1.90. The lowest BCUT2D eigenvalue weighted by Crippen LogP contribution is -2.43. The number of carbonyl (C=O) groups excluding carboxylic acids is 3. The average Bonchev–Trinajstić information content (AvgIpc) is 2.74. The third kappa shape index (κ3) is 13.9. The number of hydrazine groups is 1. The molecule has 0 heterocycles. The van der Waals surface area contributed by atoms with Gasteiger partial charge >= 0.3 is 0 Å². The molecule has 0 spiro atoms. The summed E-state index contributed by atoms with van der Waals surface area (Å²) in [6.07, 6.45) is 0.725. The number of nitrogens with zero attached hydrogens (tertiary/aromatic N) is 1. The second kappa shape index (κ2) is 16.3. The van der Waals surface area contributed by atoms with Crippen LogP contribution in [0.5, 0.6) is 0 Å². The second-order valence-corrected chi connectivity index (χ2v) is 9.34. The summed E-state index contributed by atoms with van der Waals surface area (Å²) < 4.78 is 11.2. The van der Waals surface area contributed by atoms with Crippen molar-refractivity contribution in [3.05, 3.63) is 0 Å². The smallest absolute Gasteiger partial charge is 0.249 e. The fraction of sp³-hybridized carbons (Fsp3) is 0.870. The predicted octanol–water partition coefficient (Wildman–Crippen LogP) is 2.15. The molecule has 0 saturated carbocycles. The van der Waals surface area contributed by atoms with Crippen LogP contribution in [0, 0.1) is 17.3 Å². The molecule has 1 amide bonds. The van der Waals surface area contributed by atoms with Gasteiger partial charge in [0.2, 0.25) is 5.91 Å². The average molecular weight is 460 g/mol. The van der Waals surface area contributed by atoms with Gasteiger partial charge in [-0.05, 0) is 13.5 Å². The number of hydrogen-bond donors (Lipinski definition) is 2. The van der Waals surface area contributed by atoms with E-state index < -0.39 is 11.5 Å². The number of rotatable bonds is 19. The molecule has 0 bridgehead atoms. The van der Waals surface area contributed by atoms with Crippen LogP contribution in [-0.2, 0) is 28.7 Å². The van der Waals surface area contributed by atoms with E-state index in [4.69, 9.17) is 14.3 Å². The van der Waals surface area contributed by atoms with Gasteiger partial charge in [0.15, 0.2) is 0 Å². The first-order chi connectivity index (χ1) is 14.9. The molecule has 0 saturated heterocycles. The summed E-state index contributed by atoms with van der Waals surface area (Å²) in [7, 11) is 3.73. The Kier molecular flexibility index (Phi) is 15.6. The van der Waals surface area contributed by atoms with Crippen LogP contribution >= 0.6 is 0 Å². The zero-order chi connectivity index (χ0) is 24.7. The Bertz CT molecular complexity index is 538. The van der Waals surface area contributed by atoms with Gasteiger partial charge in [0.05, 0.1) is 26.4 Å². The molecule has 2 N–H and O–H groups in total. The standard InChI is InChI=1S/C23H45N3O6/c1-17(2)20(27)9-13-30-15-19(16-31-14-10-21(28)18(3)4)32-25-22(29)23(5,6)11-12-26(8)24-7/h17-19,24H,9-16H2,1-8H3,(H,25,29). The molecule has 9 nitrogen and oxygen atoms in total. The number of carbonyl (C=O) groups is 3. The van der Waals surface area contributed by atoms with Crippen molar-refractivity contribution in [3.8, 4) is 0 Å². The quantitative estimate of drug-likeness (QED) is 0.224. The monoisotopic (exact) mass is 459 g/mol. The van der Waals surface area contributed by atoms with E-state index in [1.165, 1.54) is 0 Å². The molecule has 0 rings (SSSR count).